The van der Waals surface area contributed by atoms with Gasteiger partial charge in [0.2, 0.25) is 0 Å². The molecule has 2 aliphatic carbocycles. The van der Waals surface area contributed by atoms with Gasteiger partial charge in [0.15, 0.2) is 0 Å². The molecule has 1 aromatic rings. The van der Waals surface area contributed by atoms with Gasteiger partial charge >= 0.3 is 0 Å². The van der Waals surface area contributed by atoms with E-state index in [1.165, 1.54) is 12.8 Å². The van der Waals surface area contributed by atoms with E-state index in [1.54, 1.807) is 0 Å². The number of nitrogens with two attached hydrogens (primary N) is 1. The Kier molecular flexibility index (Phi) is 2.40. The van der Waals surface area contributed by atoms with Crippen LogP contribution >= 0.6 is 0 Å². The highest BCUT2D eigenvalue weighted by atomic mass is 16.2. The third kappa shape index (κ3) is 1.42. The summed E-state index contributed by atoms with van der Waals surface area (Å²) in [4.78, 5) is 14.9. The summed E-state index contributed by atoms with van der Waals surface area (Å²) >= 11 is 0. The second-order valence-electron chi connectivity index (χ2n) is 7.93. The predicted octanol–water partition coefficient (Wildman–Crippen LogP) is 3.44. The first-order valence-corrected chi connectivity index (χ1v) is 8.04. The molecule has 1 aliphatic heterocycles. The molecule has 0 saturated heterocycles. The summed E-state index contributed by atoms with van der Waals surface area (Å²) in [6, 6.07) is 6.09. The highest BCUT2D eigenvalue weighted by Crippen LogP contribution is 2.67. The summed E-state index contributed by atoms with van der Waals surface area (Å²) < 4.78 is 0. The van der Waals surface area contributed by atoms with E-state index in [9.17, 15) is 4.79 Å². The Balaban J connectivity index is 1.72. The van der Waals surface area contributed by atoms with Crippen LogP contribution in [0, 0.1) is 16.7 Å². The Labute approximate surface area is 126 Å². The molecule has 1 aromatic carbocycles. The number of hydrogen-bond donors (Lipinski definition) is 1. The largest absolute Gasteiger partial charge is 0.398 e. The number of rotatable bonds is 1. The van der Waals surface area contributed by atoms with E-state index < -0.39 is 0 Å². The maximum atomic E-state index is 12.8. The standard InChI is InChI=1S/C18H24N2O/c1-17(2)11-7-8-18(17,3)15(9-11)20-10-13-12(16(20)21)5-4-6-14(13)19/h4-6,11,15H,7-10,19H2,1-3H3/t11-,15-,18-/m1/s1. The van der Waals surface area contributed by atoms with Gasteiger partial charge in [0.1, 0.15) is 0 Å². The zero-order valence-electron chi connectivity index (χ0n) is 13.1. The van der Waals surface area contributed by atoms with E-state index in [-0.39, 0.29) is 11.3 Å². The average Bonchev–Trinajstić information content (AvgIpc) is 2.95. The first-order chi connectivity index (χ1) is 9.86. The fourth-order valence-electron chi connectivity index (χ4n) is 5.26. The molecule has 0 aromatic heterocycles. The van der Waals surface area contributed by atoms with Crippen LogP contribution in [0.25, 0.3) is 0 Å². The summed E-state index contributed by atoms with van der Waals surface area (Å²) in [5.74, 6) is 0.938. The Morgan fingerprint density at radius 3 is 2.62 bits per heavy atom. The maximum absolute atomic E-state index is 12.8. The molecule has 0 unspecified atom stereocenters. The molecule has 3 heteroatoms. The second kappa shape index (κ2) is 3.82. The fourth-order valence-corrected chi connectivity index (χ4v) is 5.26. The van der Waals surface area contributed by atoms with Gasteiger partial charge in [-0.2, -0.15) is 0 Å². The summed E-state index contributed by atoms with van der Waals surface area (Å²) in [6.45, 7) is 7.88. The number of nitrogen functional groups attached to an aromatic ring is 1. The lowest BCUT2D eigenvalue weighted by Gasteiger charge is -2.43. The zero-order valence-corrected chi connectivity index (χ0v) is 13.1. The van der Waals surface area contributed by atoms with Crippen molar-refractivity contribution in [1.82, 2.24) is 4.90 Å². The molecule has 21 heavy (non-hydrogen) atoms. The Morgan fingerprint density at radius 2 is 2.05 bits per heavy atom. The van der Waals surface area contributed by atoms with Crippen LogP contribution in [0.5, 0.6) is 0 Å². The smallest absolute Gasteiger partial charge is 0.254 e. The van der Waals surface area contributed by atoms with Crippen molar-refractivity contribution in [2.45, 2.75) is 52.6 Å². The molecule has 0 radical (unpaired) electrons. The molecule has 2 fully saturated rings. The molecule has 3 atom stereocenters. The van der Waals surface area contributed by atoms with E-state index in [2.05, 4.69) is 25.7 Å². The predicted molar refractivity (Wildman–Crippen MR) is 83.7 cm³/mol. The number of carbonyl (C=O) groups is 1. The van der Waals surface area contributed by atoms with Crippen molar-refractivity contribution < 1.29 is 4.79 Å². The van der Waals surface area contributed by atoms with Gasteiger partial charge in [0.25, 0.3) is 5.91 Å². The average molecular weight is 284 g/mol. The molecule has 112 valence electrons. The Morgan fingerprint density at radius 1 is 1.29 bits per heavy atom. The van der Waals surface area contributed by atoms with Crippen molar-refractivity contribution >= 4 is 11.6 Å². The van der Waals surface area contributed by atoms with Crippen LogP contribution in [-0.4, -0.2) is 16.8 Å². The topological polar surface area (TPSA) is 46.3 Å². The second-order valence-corrected chi connectivity index (χ2v) is 7.93. The summed E-state index contributed by atoms with van der Waals surface area (Å²) in [7, 11) is 0. The van der Waals surface area contributed by atoms with Crippen LogP contribution in [-0.2, 0) is 6.54 Å². The molecular weight excluding hydrogens is 260 g/mol. The van der Waals surface area contributed by atoms with Gasteiger partial charge in [-0.25, -0.2) is 0 Å². The first-order valence-electron chi connectivity index (χ1n) is 8.04. The van der Waals surface area contributed by atoms with Crippen molar-refractivity contribution in [2.24, 2.45) is 16.7 Å². The van der Waals surface area contributed by atoms with E-state index in [0.29, 0.717) is 18.0 Å². The quantitative estimate of drug-likeness (QED) is 0.803. The highest BCUT2D eigenvalue weighted by Gasteiger charge is 2.63. The third-order valence-corrected chi connectivity index (χ3v) is 7.16. The minimum absolute atomic E-state index is 0.187. The zero-order chi connectivity index (χ0) is 15.0. The summed E-state index contributed by atoms with van der Waals surface area (Å²) in [5, 5.41) is 0. The SMILES string of the molecule is CC1(C)[C@@H]2CC[C@]1(C)[C@H](N1Cc3c(N)cccc3C1=O)C2. The number of carbonyl (C=O) groups excluding carboxylic acids is 1. The van der Waals surface area contributed by atoms with Gasteiger partial charge in [0, 0.05) is 29.4 Å². The number of fused-ring (bicyclic) bond motifs is 3. The van der Waals surface area contributed by atoms with Crippen LogP contribution in [0.15, 0.2) is 18.2 Å². The molecule has 2 saturated carbocycles. The number of hydrogen-bond acceptors (Lipinski definition) is 2. The minimum Gasteiger partial charge on any atom is -0.398 e. The molecule has 3 aliphatic rings. The number of nitrogens with zero attached hydrogens (tertiary/aromatic N) is 1. The first kappa shape index (κ1) is 13.2. The third-order valence-electron chi connectivity index (χ3n) is 7.16. The van der Waals surface area contributed by atoms with Gasteiger partial charge in [-0.05, 0) is 48.1 Å². The normalized spacial score (nSPS) is 36.3. The monoisotopic (exact) mass is 284 g/mol. The van der Waals surface area contributed by atoms with E-state index >= 15 is 0 Å². The maximum Gasteiger partial charge on any atom is 0.254 e. The van der Waals surface area contributed by atoms with Crippen molar-refractivity contribution in [2.75, 3.05) is 5.73 Å². The number of anilines is 1. The van der Waals surface area contributed by atoms with E-state index in [1.807, 2.05) is 18.2 Å². The number of amides is 1. The summed E-state index contributed by atoms with van der Waals surface area (Å²) in [6.07, 6.45) is 3.71. The van der Waals surface area contributed by atoms with Crippen LogP contribution in [0.2, 0.25) is 0 Å². The van der Waals surface area contributed by atoms with Gasteiger partial charge in [-0.1, -0.05) is 26.8 Å². The molecule has 0 spiro atoms. The van der Waals surface area contributed by atoms with E-state index in [4.69, 9.17) is 5.73 Å². The van der Waals surface area contributed by atoms with Gasteiger partial charge in [-0.15, -0.1) is 0 Å². The molecule has 2 N–H and O–H groups in total. The Bertz CT molecular complexity index is 636. The van der Waals surface area contributed by atoms with Crippen molar-refractivity contribution in [1.29, 1.82) is 0 Å². The lowest BCUT2D eigenvalue weighted by molar-refractivity contribution is 0.0341. The highest BCUT2D eigenvalue weighted by molar-refractivity contribution is 6.00. The van der Waals surface area contributed by atoms with E-state index in [0.717, 1.165) is 29.2 Å². The van der Waals surface area contributed by atoms with Crippen LogP contribution < -0.4 is 5.73 Å². The van der Waals surface area contributed by atoms with Crippen molar-refractivity contribution in [3.8, 4) is 0 Å². The molecular formula is C18H24N2O. The van der Waals surface area contributed by atoms with Crippen LogP contribution in [0.1, 0.15) is 56.0 Å². The van der Waals surface area contributed by atoms with Gasteiger partial charge < -0.3 is 10.6 Å². The summed E-state index contributed by atoms with van der Waals surface area (Å²) in [5.41, 5.74) is 9.26. The molecule has 2 bridgehead atoms. The minimum atomic E-state index is 0.187. The molecule has 1 amide bonds. The van der Waals surface area contributed by atoms with Crippen molar-refractivity contribution in [3.05, 3.63) is 29.3 Å². The van der Waals surface area contributed by atoms with Crippen LogP contribution in [0.4, 0.5) is 5.69 Å². The van der Waals surface area contributed by atoms with Crippen LogP contribution in [0.3, 0.4) is 0 Å². The molecule has 1 heterocycles. The fraction of sp³-hybridized carbons (Fsp3) is 0.611. The molecule has 3 nitrogen and oxygen atoms in total. The number of benzene rings is 1. The van der Waals surface area contributed by atoms with Gasteiger partial charge in [-0.3, -0.25) is 4.79 Å². The van der Waals surface area contributed by atoms with Gasteiger partial charge in [0.05, 0.1) is 0 Å². The van der Waals surface area contributed by atoms with Crippen molar-refractivity contribution in [3.63, 3.8) is 0 Å². The Hall–Kier alpha value is -1.51. The lowest BCUT2D eigenvalue weighted by atomic mass is 9.69. The molecule has 4 rings (SSSR count). The lowest BCUT2D eigenvalue weighted by Crippen LogP contribution is -2.47.